The van der Waals surface area contributed by atoms with Gasteiger partial charge in [-0.15, -0.1) is 0 Å². The van der Waals surface area contributed by atoms with Gasteiger partial charge in [0, 0.05) is 47.5 Å². The van der Waals surface area contributed by atoms with Crippen molar-refractivity contribution in [2.75, 3.05) is 27.9 Å². The second-order valence-corrected chi connectivity index (χ2v) is 10.5. The van der Waals surface area contributed by atoms with Gasteiger partial charge in [0.05, 0.1) is 35.8 Å². The van der Waals surface area contributed by atoms with Gasteiger partial charge in [-0.3, -0.25) is 18.6 Å². The van der Waals surface area contributed by atoms with E-state index in [0.29, 0.717) is 29.4 Å². The van der Waals surface area contributed by atoms with Gasteiger partial charge in [-0.2, -0.15) is 5.10 Å². The summed E-state index contributed by atoms with van der Waals surface area (Å²) in [7, 11) is -0.712. The largest absolute Gasteiger partial charge is 0.446 e. The number of fused-ring (bicyclic) bond motifs is 1. The van der Waals surface area contributed by atoms with Gasteiger partial charge >= 0.3 is 6.09 Å². The van der Waals surface area contributed by atoms with Crippen molar-refractivity contribution in [2.24, 2.45) is 0 Å². The van der Waals surface area contributed by atoms with Gasteiger partial charge in [0.25, 0.3) is 0 Å². The van der Waals surface area contributed by atoms with Crippen molar-refractivity contribution < 1.29 is 18.5 Å². The average Bonchev–Trinajstić information content (AvgIpc) is 3.22. The highest BCUT2D eigenvalue weighted by atomic mass is 32.2. The fourth-order valence-corrected chi connectivity index (χ4v) is 5.73. The van der Waals surface area contributed by atoms with Gasteiger partial charge in [0.15, 0.2) is 0 Å². The minimum absolute atomic E-state index is 0.0640. The van der Waals surface area contributed by atoms with Crippen LogP contribution in [0.25, 0.3) is 11.1 Å². The molecule has 0 bridgehead atoms. The maximum absolute atomic E-state index is 12.8. The van der Waals surface area contributed by atoms with Crippen LogP contribution in [-0.2, 0) is 20.3 Å². The minimum atomic E-state index is -0.712. The molecular formula is C23H30N4O4S. The Hall–Kier alpha value is -2.68. The van der Waals surface area contributed by atoms with Crippen LogP contribution in [0.4, 0.5) is 16.2 Å². The number of carbonyl (C=O) groups is 2. The van der Waals surface area contributed by atoms with Crippen molar-refractivity contribution >= 4 is 34.2 Å². The van der Waals surface area contributed by atoms with Crippen LogP contribution in [0, 0.1) is 0 Å². The van der Waals surface area contributed by atoms with Crippen LogP contribution in [0.5, 0.6) is 0 Å². The molecule has 1 atom stereocenters. The fraction of sp³-hybridized carbons (Fsp3) is 0.522. The Morgan fingerprint density at radius 1 is 1.16 bits per heavy atom. The third-order valence-corrected chi connectivity index (χ3v) is 7.36. The molecule has 1 aromatic carbocycles. The van der Waals surface area contributed by atoms with Crippen molar-refractivity contribution in [3.8, 4) is 11.1 Å². The van der Waals surface area contributed by atoms with E-state index in [1.807, 2.05) is 56.0 Å². The molecule has 0 radical (unpaired) electrons. The van der Waals surface area contributed by atoms with E-state index in [2.05, 4.69) is 5.10 Å². The first kappa shape index (κ1) is 22.5. The van der Waals surface area contributed by atoms with Crippen molar-refractivity contribution in [2.45, 2.75) is 58.7 Å². The first-order chi connectivity index (χ1) is 15.2. The van der Waals surface area contributed by atoms with E-state index in [4.69, 9.17) is 4.74 Å². The molecule has 3 heterocycles. The summed E-state index contributed by atoms with van der Waals surface area (Å²) in [4.78, 5) is 28.5. The van der Waals surface area contributed by atoms with Crippen LogP contribution in [-0.4, -0.2) is 56.2 Å². The summed E-state index contributed by atoms with van der Waals surface area (Å²) in [6.07, 6.45) is 4.89. The molecule has 2 aliphatic heterocycles. The average molecular weight is 459 g/mol. The molecule has 1 unspecified atom stereocenters. The Balaban J connectivity index is 1.68. The number of benzene rings is 1. The van der Waals surface area contributed by atoms with Crippen molar-refractivity contribution in [3.63, 3.8) is 0 Å². The van der Waals surface area contributed by atoms with E-state index < -0.39 is 16.9 Å². The molecule has 2 aliphatic rings. The second-order valence-electron chi connectivity index (χ2n) is 8.77. The van der Waals surface area contributed by atoms with Crippen LogP contribution < -0.4 is 9.80 Å². The number of hydrogen-bond donors (Lipinski definition) is 0. The smallest absolute Gasteiger partial charge is 0.414 e. The van der Waals surface area contributed by atoms with E-state index >= 15 is 0 Å². The number of ether oxygens (including phenoxy) is 1. The number of anilines is 2. The zero-order valence-corrected chi connectivity index (χ0v) is 19.8. The zero-order chi connectivity index (χ0) is 23.0. The summed E-state index contributed by atoms with van der Waals surface area (Å²) in [5.41, 5.74) is 3.20. The molecule has 4 rings (SSSR count). The first-order valence-corrected chi connectivity index (χ1v) is 12.5. The van der Waals surface area contributed by atoms with Crippen molar-refractivity contribution in [1.29, 1.82) is 0 Å². The number of nitrogens with zero attached hydrogens (tertiary/aromatic N) is 4. The van der Waals surface area contributed by atoms with Crippen LogP contribution in [0.1, 0.15) is 46.6 Å². The van der Waals surface area contributed by atoms with E-state index in [0.717, 1.165) is 24.0 Å². The summed E-state index contributed by atoms with van der Waals surface area (Å²) in [5, 5.41) is 4.55. The Labute approximate surface area is 191 Å². The highest BCUT2D eigenvalue weighted by Gasteiger charge is 2.35. The third kappa shape index (κ3) is 4.44. The van der Waals surface area contributed by atoms with Crippen molar-refractivity contribution in [3.05, 3.63) is 30.6 Å². The minimum Gasteiger partial charge on any atom is -0.446 e. The predicted octanol–water partition coefficient (Wildman–Crippen LogP) is 3.74. The number of aromatic nitrogens is 2. The lowest BCUT2D eigenvalue weighted by Gasteiger charge is -2.40. The van der Waals surface area contributed by atoms with Gasteiger partial charge in [-0.1, -0.05) is 6.07 Å². The molecule has 2 amide bonds. The summed E-state index contributed by atoms with van der Waals surface area (Å²) < 4.78 is 19.1. The Morgan fingerprint density at radius 3 is 2.53 bits per heavy atom. The fourth-order valence-electron chi connectivity index (χ4n) is 4.46. The summed E-state index contributed by atoms with van der Waals surface area (Å²) >= 11 is 0. The van der Waals surface area contributed by atoms with E-state index in [1.54, 1.807) is 9.80 Å². The number of rotatable bonds is 3. The molecule has 32 heavy (non-hydrogen) atoms. The Bertz CT molecular complexity index is 1040. The normalized spacial score (nSPS) is 23.2. The van der Waals surface area contributed by atoms with Crippen molar-refractivity contribution in [1.82, 2.24) is 9.78 Å². The lowest BCUT2D eigenvalue weighted by atomic mass is 10.0. The molecule has 9 heteroatoms. The predicted molar refractivity (Wildman–Crippen MR) is 125 cm³/mol. The van der Waals surface area contributed by atoms with Crippen LogP contribution in [0.3, 0.4) is 0 Å². The number of carbonyl (C=O) groups excluding carboxylic acids is 2. The third-order valence-electron chi connectivity index (χ3n) is 5.98. The van der Waals surface area contributed by atoms with Gasteiger partial charge in [-0.25, -0.2) is 4.79 Å². The number of amides is 2. The summed E-state index contributed by atoms with van der Waals surface area (Å²) in [6.45, 7) is 7.46. The quantitative estimate of drug-likeness (QED) is 0.700. The molecule has 1 fully saturated rings. The molecule has 0 saturated carbocycles. The molecule has 0 N–H and O–H groups in total. The molecular weight excluding hydrogens is 428 g/mol. The van der Waals surface area contributed by atoms with Crippen LogP contribution in [0.15, 0.2) is 30.6 Å². The zero-order valence-electron chi connectivity index (χ0n) is 19.0. The highest BCUT2D eigenvalue weighted by molar-refractivity contribution is 7.85. The molecule has 0 aliphatic carbocycles. The summed E-state index contributed by atoms with van der Waals surface area (Å²) in [6, 6.07) is 5.86. The first-order valence-electron chi connectivity index (χ1n) is 11.1. The van der Waals surface area contributed by atoms with E-state index in [1.165, 1.54) is 6.92 Å². The topological polar surface area (TPSA) is 84.7 Å². The molecule has 1 saturated heterocycles. The standard InChI is InChI=1S/C23H30N4O4S/c1-15(2)31-23(29)25-13-16(3)27(17(4)28)21-6-5-18(11-22(21)25)19-12-24-26(14-19)20-7-9-32(30)10-8-20/h5-6,11-12,14-16,20H,7-10,13H2,1-4H3. The monoisotopic (exact) mass is 458 g/mol. The number of hydrogen-bond acceptors (Lipinski definition) is 5. The Kier molecular flexibility index (Phi) is 6.37. The van der Waals surface area contributed by atoms with Crippen LogP contribution in [0.2, 0.25) is 0 Å². The molecule has 2 aromatic rings. The molecule has 172 valence electrons. The maximum atomic E-state index is 12.8. The Morgan fingerprint density at radius 2 is 1.88 bits per heavy atom. The van der Waals surface area contributed by atoms with Gasteiger partial charge < -0.3 is 9.64 Å². The lowest BCUT2D eigenvalue weighted by Crippen LogP contribution is -2.51. The van der Waals surface area contributed by atoms with Gasteiger partial charge in [-0.05, 0) is 51.3 Å². The molecule has 1 aromatic heterocycles. The second kappa shape index (κ2) is 9.05. The van der Waals surface area contributed by atoms with Gasteiger partial charge in [0.1, 0.15) is 0 Å². The highest BCUT2D eigenvalue weighted by Crippen LogP contribution is 2.39. The van der Waals surface area contributed by atoms with Crippen LogP contribution >= 0.6 is 0 Å². The van der Waals surface area contributed by atoms with E-state index in [9.17, 15) is 13.8 Å². The molecule has 8 nitrogen and oxygen atoms in total. The molecule has 0 spiro atoms. The SMILES string of the molecule is CC(=O)N1c2ccc(-c3cnn(C4CCS(=O)CC4)c3)cc2N(C(=O)OC(C)C)CC1C. The summed E-state index contributed by atoms with van der Waals surface area (Å²) in [5.74, 6) is 1.36. The maximum Gasteiger partial charge on any atom is 0.414 e. The lowest BCUT2D eigenvalue weighted by molar-refractivity contribution is -0.117. The van der Waals surface area contributed by atoms with E-state index in [-0.39, 0.29) is 24.1 Å². The van der Waals surface area contributed by atoms with Gasteiger partial charge in [0.2, 0.25) is 5.91 Å².